The summed E-state index contributed by atoms with van der Waals surface area (Å²) in [5, 5.41) is 0. The number of nitrogens with two attached hydrogens (primary N) is 1. The third kappa shape index (κ3) is 2.80. The van der Waals surface area contributed by atoms with Gasteiger partial charge in [0.25, 0.3) is 0 Å². The van der Waals surface area contributed by atoms with Crippen LogP contribution in [0.25, 0.3) is 0 Å². The lowest BCUT2D eigenvalue weighted by Crippen LogP contribution is -2.59. The standard InChI is InChI=1S/C13H24N2O2/c1-10-4-3-7-15(8-10)9-13(14,11-5-6-11)12(16)17-2/h10-11H,3-9,14H2,1-2H3. The van der Waals surface area contributed by atoms with Crippen LogP contribution in [0, 0.1) is 11.8 Å². The number of rotatable bonds is 4. The zero-order valence-electron chi connectivity index (χ0n) is 10.9. The molecule has 0 aromatic rings. The maximum Gasteiger partial charge on any atom is 0.327 e. The summed E-state index contributed by atoms with van der Waals surface area (Å²) in [5.74, 6) is 0.801. The Bertz CT molecular complexity index is 291. The van der Waals surface area contributed by atoms with Crippen LogP contribution in [0.2, 0.25) is 0 Å². The number of carbonyl (C=O) groups is 1. The van der Waals surface area contributed by atoms with E-state index in [1.807, 2.05) is 0 Å². The van der Waals surface area contributed by atoms with Gasteiger partial charge in [-0.15, -0.1) is 0 Å². The molecular weight excluding hydrogens is 216 g/mol. The number of ether oxygens (including phenoxy) is 1. The van der Waals surface area contributed by atoms with E-state index in [4.69, 9.17) is 10.5 Å². The van der Waals surface area contributed by atoms with Gasteiger partial charge in [-0.3, -0.25) is 4.79 Å². The third-order valence-electron chi connectivity index (χ3n) is 4.10. The van der Waals surface area contributed by atoms with E-state index in [0.717, 1.165) is 25.9 Å². The first-order valence-corrected chi connectivity index (χ1v) is 6.66. The molecule has 2 N–H and O–H groups in total. The van der Waals surface area contributed by atoms with Gasteiger partial charge in [0.05, 0.1) is 7.11 Å². The Morgan fingerprint density at radius 1 is 1.47 bits per heavy atom. The summed E-state index contributed by atoms with van der Waals surface area (Å²) in [5.41, 5.74) is 5.55. The van der Waals surface area contributed by atoms with E-state index in [9.17, 15) is 4.79 Å². The lowest BCUT2D eigenvalue weighted by atomic mass is 9.91. The summed E-state index contributed by atoms with van der Waals surface area (Å²) in [7, 11) is 1.44. The first-order valence-electron chi connectivity index (χ1n) is 6.66. The molecule has 2 atom stereocenters. The number of hydrogen-bond acceptors (Lipinski definition) is 4. The van der Waals surface area contributed by atoms with Crippen LogP contribution in [0.3, 0.4) is 0 Å². The van der Waals surface area contributed by atoms with Gasteiger partial charge in [-0.2, -0.15) is 0 Å². The predicted molar refractivity (Wildman–Crippen MR) is 66.5 cm³/mol. The molecule has 1 saturated heterocycles. The monoisotopic (exact) mass is 240 g/mol. The lowest BCUT2D eigenvalue weighted by Gasteiger charge is -2.37. The predicted octanol–water partition coefficient (Wildman–Crippen LogP) is 0.999. The number of likely N-dealkylation sites (tertiary alicyclic amines) is 1. The van der Waals surface area contributed by atoms with Crippen LogP contribution in [-0.4, -0.2) is 43.2 Å². The fourth-order valence-corrected chi connectivity index (χ4v) is 2.95. The van der Waals surface area contributed by atoms with E-state index >= 15 is 0 Å². The van der Waals surface area contributed by atoms with E-state index < -0.39 is 5.54 Å². The highest BCUT2D eigenvalue weighted by Gasteiger charge is 2.50. The molecule has 1 saturated carbocycles. The van der Waals surface area contributed by atoms with E-state index in [-0.39, 0.29) is 5.97 Å². The average Bonchev–Trinajstić information content (AvgIpc) is 3.11. The Labute approximate surface area is 103 Å². The van der Waals surface area contributed by atoms with Crippen LogP contribution in [0.4, 0.5) is 0 Å². The molecule has 4 nitrogen and oxygen atoms in total. The zero-order chi connectivity index (χ0) is 12.5. The topological polar surface area (TPSA) is 55.6 Å². The summed E-state index contributed by atoms with van der Waals surface area (Å²) < 4.78 is 4.89. The molecule has 1 aliphatic carbocycles. The Hall–Kier alpha value is -0.610. The summed E-state index contributed by atoms with van der Waals surface area (Å²) in [6.07, 6.45) is 4.63. The zero-order valence-corrected chi connectivity index (χ0v) is 10.9. The van der Waals surface area contributed by atoms with Gasteiger partial charge < -0.3 is 15.4 Å². The fourth-order valence-electron chi connectivity index (χ4n) is 2.95. The number of piperidine rings is 1. The van der Waals surface area contributed by atoms with Gasteiger partial charge in [-0.25, -0.2) is 0 Å². The van der Waals surface area contributed by atoms with Crippen molar-refractivity contribution in [1.82, 2.24) is 4.90 Å². The Kier molecular flexibility index (Phi) is 3.73. The molecule has 98 valence electrons. The first-order chi connectivity index (χ1) is 8.06. The quantitative estimate of drug-likeness (QED) is 0.745. The summed E-state index contributed by atoms with van der Waals surface area (Å²) in [6.45, 7) is 5.05. The number of esters is 1. The van der Waals surface area contributed by atoms with Crippen molar-refractivity contribution in [3.63, 3.8) is 0 Å². The molecule has 2 fully saturated rings. The normalized spacial score (nSPS) is 29.7. The van der Waals surface area contributed by atoms with Gasteiger partial charge in [-0.05, 0) is 44.1 Å². The number of nitrogens with zero attached hydrogens (tertiary/aromatic N) is 1. The highest BCUT2D eigenvalue weighted by Crippen LogP contribution is 2.39. The minimum absolute atomic E-state index is 0.238. The first kappa shape index (κ1) is 12.8. The van der Waals surface area contributed by atoms with Crippen molar-refractivity contribution < 1.29 is 9.53 Å². The van der Waals surface area contributed by atoms with Crippen LogP contribution >= 0.6 is 0 Å². The van der Waals surface area contributed by atoms with Gasteiger partial charge in [0, 0.05) is 13.1 Å². The smallest absolute Gasteiger partial charge is 0.327 e. The summed E-state index contributed by atoms with van der Waals surface area (Å²) in [6, 6.07) is 0. The van der Waals surface area contributed by atoms with E-state index in [1.165, 1.54) is 20.0 Å². The molecular formula is C13H24N2O2. The summed E-state index contributed by atoms with van der Waals surface area (Å²) in [4.78, 5) is 14.2. The highest BCUT2D eigenvalue weighted by molar-refractivity contribution is 5.81. The molecule has 0 radical (unpaired) electrons. The second-order valence-electron chi connectivity index (χ2n) is 5.79. The van der Waals surface area contributed by atoms with Crippen molar-refractivity contribution in [2.75, 3.05) is 26.7 Å². The molecule has 1 heterocycles. The molecule has 4 heteroatoms. The molecule has 0 aromatic carbocycles. The molecule has 2 unspecified atom stereocenters. The van der Waals surface area contributed by atoms with Gasteiger partial charge in [0.15, 0.2) is 0 Å². The second-order valence-corrected chi connectivity index (χ2v) is 5.79. The van der Waals surface area contributed by atoms with Crippen LogP contribution in [0.1, 0.15) is 32.6 Å². The van der Waals surface area contributed by atoms with Crippen LogP contribution < -0.4 is 5.73 Å². The Balaban J connectivity index is 1.99. The van der Waals surface area contributed by atoms with Crippen molar-refractivity contribution in [3.8, 4) is 0 Å². The van der Waals surface area contributed by atoms with Crippen molar-refractivity contribution in [1.29, 1.82) is 0 Å². The molecule has 0 aromatic heterocycles. The average molecular weight is 240 g/mol. The molecule has 0 bridgehead atoms. The maximum atomic E-state index is 11.9. The minimum Gasteiger partial charge on any atom is -0.468 e. The Morgan fingerprint density at radius 2 is 2.18 bits per heavy atom. The number of carbonyl (C=O) groups excluding carboxylic acids is 1. The number of hydrogen-bond donors (Lipinski definition) is 1. The van der Waals surface area contributed by atoms with E-state index in [2.05, 4.69) is 11.8 Å². The van der Waals surface area contributed by atoms with Crippen LogP contribution in [0.15, 0.2) is 0 Å². The molecule has 2 aliphatic rings. The van der Waals surface area contributed by atoms with Crippen molar-refractivity contribution in [2.24, 2.45) is 17.6 Å². The van der Waals surface area contributed by atoms with Gasteiger partial charge in [-0.1, -0.05) is 6.92 Å². The maximum absolute atomic E-state index is 11.9. The second kappa shape index (κ2) is 4.94. The van der Waals surface area contributed by atoms with Gasteiger partial charge in [0.2, 0.25) is 0 Å². The highest BCUT2D eigenvalue weighted by atomic mass is 16.5. The fraction of sp³-hybridized carbons (Fsp3) is 0.923. The van der Waals surface area contributed by atoms with Gasteiger partial charge in [0.1, 0.15) is 5.54 Å². The number of methoxy groups -OCH3 is 1. The Morgan fingerprint density at radius 3 is 2.71 bits per heavy atom. The van der Waals surface area contributed by atoms with Gasteiger partial charge >= 0.3 is 5.97 Å². The third-order valence-corrected chi connectivity index (χ3v) is 4.10. The molecule has 17 heavy (non-hydrogen) atoms. The molecule has 0 amide bonds. The lowest BCUT2D eigenvalue weighted by molar-refractivity contribution is -0.149. The van der Waals surface area contributed by atoms with Crippen molar-refractivity contribution in [2.45, 2.75) is 38.1 Å². The SMILES string of the molecule is COC(=O)C(N)(CN1CCCC(C)C1)C1CC1. The van der Waals surface area contributed by atoms with Crippen LogP contribution in [0.5, 0.6) is 0 Å². The minimum atomic E-state index is -0.772. The molecule has 1 aliphatic heterocycles. The molecule has 2 rings (SSSR count). The van der Waals surface area contributed by atoms with E-state index in [1.54, 1.807) is 0 Å². The largest absolute Gasteiger partial charge is 0.468 e. The van der Waals surface area contributed by atoms with Crippen LogP contribution in [-0.2, 0) is 9.53 Å². The van der Waals surface area contributed by atoms with Crippen molar-refractivity contribution >= 4 is 5.97 Å². The van der Waals surface area contributed by atoms with Crippen molar-refractivity contribution in [3.05, 3.63) is 0 Å². The van der Waals surface area contributed by atoms with E-state index in [0.29, 0.717) is 18.4 Å². The summed E-state index contributed by atoms with van der Waals surface area (Å²) >= 11 is 0. The molecule has 0 spiro atoms.